The fraction of sp³-hybridized carbons (Fsp3) is 0.0714. The topological polar surface area (TPSA) is 65.1 Å². The van der Waals surface area contributed by atoms with Gasteiger partial charge in [0.25, 0.3) is 11.2 Å². The van der Waals surface area contributed by atoms with E-state index in [4.69, 9.17) is 0 Å². The van der Waals surface area contributed by atoms with Gasteiger partial charge in [-0.1, -0.05) is 15.9 Å². The number of nitro benzene ring substituents is 1. The minimum atomic E-state index is -0.446. The molecule has 3 rings (SSSR count). The summed E-state index contributed by atoms with van der Waals surface area (Å²) in [6.07, 6.45) is 1.75. The summed E-state index contributed by atoms with van der Waals surface area (Å²) < 4.78 is 3.18. The molecule has 0 unspecified atom stereocenters. The predicted octanol–water partition coefficient (Wildman–Crippen LogP) is 3.78. The van der Waals surface area contributed by atoms with Crippen LogP contribution in [0.1, 0.15) is 5.56 Å². The molecule has 0 atom stereocenters. The summed E-state index contributed by atoms with van der Waals surface area (Å²) >= 11 is 4.85. The third-order valence-corrected chi connectivity index (χ3v) is 4.80. The van der Waals surface area contributed by atoms with Crippen molar-refractivity contribution in [1.29, 1.82) is 0 Å². The van der Waals surface area contributed by atoms with Crippen molar-refractivity contribution < 1.29 is 4.92 Å². The quantitative estimate of drug-likeness (QED) is 0.524. The molecule has 106 valence electrons. The monoisotopic (exact) mass is 364 g/mol. The van der Waals surface area contributed by atoms with Crippen LogP contribution in [0.4, 0.5) is 5.69 Å². The number of hydrogen-bond donors (Lipinski definition) is 0. The fourth-order valence-electron chi connectivity index (χ4n) is 2.09. The van der Waals surface area contributed by atoms with Gasteiger partial charge in [-0.05, 0) is 29.1 Å². The molecule has 0 N–H and O–H groups in total. The molecule has 0 fully saturated rings. The van der Waals surface area contributed by atoms with Crippen molar-refractivity contribution >= 4 is 43.0 Å². The highest BCUT2D eigenvalue weighted by Crippen LogP contribution is 2.24. The summed E-state index contributed by atoms with van der Waals surface area (Å²) in [6, 6.07) is 8.26. The Kier molecular flexibility index (Phi) is 3.60. The van der Waals surface area contributed by atoms with Crippen molar-refractivity contribution in [3.63, 3.8) is 0 Å². The molecule has 3 aromatic rings. The zero-order valence-electron chi connectivity index (χ0n) is 10.7. The van der Waals surface area contributed by atoms with E-state index in [1.165, 1.54) is 23.5 Å². The number of nitro groups is 1. The summed E-state index contributed by atoms with van der Waals surface area (Å²) in [6.45, 7) is 0.364. The number of pyridine rings is 1. The van der Waals surface area contributed by atoms with Crippen LogP contribution in [-0.2, 0) is 6.54 Å². The highest BCUT2D eigenvalue weighted by molar-refractivity contribution is 9.10. The van der Waals surface area contributed by atoms with E-state index in [1.807, 2.05) is 17.5 Å². The maximum Gasteiger partial charge on any atom is 0.270 e. The highest BCUT2D eigenvalue weighted by Gasteiger charge is 2.11. The van der Waals surface area contributed by atoms with Crippen LogP contribution in [0.25, 0.3) is 10.1 Å². The zero-order chi connectivity index (χ0) is 15.0. The summed E-state index contributed by atoms with van der Waals surface area (Å²) in [4.78, 5) is 22.6. The van der Waals surface area contributed by atoms with Crippen LogP contribution in [0.3, 0.4) is 0 Å². The second-order valence-electron chi connectivity index (χ2n) is 4.48. The van der Waals surface area contributed by atoms with Crippen molar-refractivity contribution in [2.45, 2.75) is 6.54 Å². The third kappa shape index (κ3) is 2.62. The molecular formula is C14H9BrN2O3S. The van der Waals surface area contributed by atoms with E-state index in [2.05, 4.69) is 15.9 Å². The van der Waals surface area contributed by atoms with Gasteiger partial charge in [0, 0.05) is 27.5 Å². The molecule has 7 heteroatoms. The first-order valence-corrected chi connectivity index (χ1v) is 7.73. The third-order valence-electron chi connectivity index (χ3n) is 3.18. The number of aromatic nitrogens is 1. The molecule has 0 saturated heterocycles. The second kappa shape index (κ2) is 5.42. The van der Waals surface area contributed by atoms with Gasteiger partial charge in [-0.25, -0.2) is 0 Å². The van der Waals surface area contributed by atoms with E-state index in [9.17, 15) is 14.9 Å². The Morgan fingerprint density at radius 1 is 1.29 bits per heavy atom. The number of benzene rings is 1. The number of non-ortho nitro benzene ring substituents is 1. The lowest BCUT2D eigenvalue weighted by Crippen LogP contribution is -2.19. The molecule has 0 amide bonds. The fourth-order valence-corrected chi connectivity index (χ4v) is 3.36. The maximum atomic E-state index is 12.3. The summed E-state index contributed by atoms with van der Waals surface area (Å²) in [5, 5.41) is 13.3. The predicted molar refractivity (Wildman–Crippen MR) is 86.0 cm³/mol. The highest BCUT2D eigenvalue weighted by atomic mass is 79.9. The molecule has 0 radical (unpaired) electrons. The minimum Gasteiger partial charge on any atom is -0.310 e. The van der Waals surface area contributed by atoms with Gasteiger partial charge in [-0.3, -0.25) is 14.9 Å². The molecule has 0 aliphatic rings. The van der Waals surface area contributed by atoms with E-state index in [0.29, 0.717) is 16.4 Å². The molecule has 2 aromatic heterocycles. The average Bonchev–Trinajstić information content (AvgIpc) is 2.93. The van der Waals surface area contributed by atoms with Gasteiger partial charge < -0.3 is 4.57 Å². The van der Waals surface area contributed by atoms with Gasteiger partial charge in [-0.15, -0.1) is 11.3 Å². The van der Waals surface area contributed by atoms with Gasteiger partial charge in [0.2, 0.25) is 0 Å². The average molecular weight is 365 g/mol. The molecule has 0 saturated carbocycles. The Morgan fingerprint density at radius 3 is 2.81 bits per heavy atom. The number of thiophene rings is 1. The summed E-state index contributed by atoms with van der Waals surface area (Å²) in [5.74, 6) is 0. The van der Waals surface area contributed by atoms with Crippen LogP contribution >= 0.6 is 27.3 Å². The van der Waals surface area contributed by atoms with E-state index >= 15 is 0 Å². The van der Waals surface area contributed by atoms with Crippen molar-refractivity contribution in [1.82, 2.24) is 4.57 Å². The lowest BCUT2D eigenvalue weighted by Gasteiger charge is -2.08. The van der Waals surface area contributed by atoms with Crippen molar-refractivity contribution in [2.24, 2.45) is 0 Å². The SMILES string of the molecule is O=c1c2ccsc2ccn1Cc1ccc([N+](=O)[O-])cc1Br. The Balaban J connectivity index is 2.00. The van der Waals surface area contributed by atoms with Crippen molar-refractivity contribution in [2.75, 3.05) is 0 Å². The summed E-state index contributed by atoms with van der Waals surface area (Å²) in [5.41, 5.74) is 0.780. The lowest BCUT2D eigenvalue weighted by atomic mass is 10.2. The number of fused-ring (bicyclic) bond motifs is 1. The zero-order valence-corrected chi connectivity index (χ0v) is 13.1. The molecule has 0 bridgehead atoms. The molecule has 5 nitrogen and oxygen atoms in total. The van der Waals surface area contributed by atoms with Gasteiger partial charge in [0.15, 0.2) is 0 Å². The van der Waals surface area contributed by atoms with Crippen LogP contribution < -0.4 is 5.56 Å². The molecule has 0 aliphatic carbocycles. The molecule has 0 spiro atoms. The molecular weight excluding hydrogens is 356 g/mol. The Morgan fingerprint density at radius 2 is 2.10 bits per heavy atom. The first kappa shape index (κ1) is 14.0. The van der Waals surface area contributed by atoms with Crippen LogP contribution in [0.2, 0.25) is 0 Å². The van der Waals surface area contributed by atoms with Crippen molar-refractivity contribution in [3.05, 3.63) is 72.4 Å². The summed E-state index contributed by atoms with van der Waals surface area (Å²) in [7, 11) is 0. The number of halogens is 1. The molecule has 21 heavy (non-hydrogen) atoms. The first-order valence-electron chi connectivity index (χ1n) is 6.06. The standard InChI is InChI=1S/C14H9BrN2O3S/c15-12-7-10(17(19)20)2-1-9(12)8-16-5-3-13-11(14(16)18)4-6-21-13/h1-7H,8H2. The van der Waals surface area contributed by atoms with E-state index < -0.39 is 4.92 Å². The minimum absolute atomic E-state index is 0.0197. The van der Waals surface area contributed by atoms with E-state index in [-0.39, 0.29) is 11.2 Å². The van der Waals surface area contributed by atoms with Crippen LogP contribution in [0.5, 0.6) is 0 Å². The smallest absolute Gasteiger partial charge is 0.270 e. The molecule has 1 aromatic carbocycles. The van der Waals surface area contributed by atoms with Gasteiger partial charge in [0.1, 0.15) is 0 Å². The van der Waals surface area contributed by atoms with Gasteiger partial charge in [0.05, 0.1) is 16.9 Å². The normalized spacial score (nSPS) is 10.9. The van der Waals surface area contributed by atoms with Crippen LogP contribution in [-0.4, -0.2) is 9.49 Å². The Bertz CT molecular complexity index is 901. The lowest BCUT2D eigenvalue weighted by molar-refractivity contribution is -0.384. The second-order valence-corrected chi connectivity index (χ2v) is 6.28. The maximum absolute atomic E-state index is 12.3. The molecule has 0 aliphatic heterocycles. The first-order chi connectivity index (χ1) is 10.1. The Hall–Kier alpha value is -1.99. The van der Waals surface area contributed by atoms with Crippen LogP contribution in [0, 0.1) is 10.1 Å². The van der Waals surface area contributed by atoms with E-state index in [1.54, 1.807) is 16.8 Å². The largest absolute Gasteiger partial charge is 0.310 e. The van der Waals surface area contributed by atoms with Crippen molar-refractivity contribution in [3.8, 4) is 0 Å². The number of nitrogens with zero attached hydrogens (tertiary/aromatic N) is 2. The van der Waals surface area contributed by atoms with Crippen LogP contribution in [0.15, 0.2) is 51.2 Å². The number of hydrogen-bond acceptors (Lipinski definition) is 4. The van der Waals surface area contributed by atoms with E-state index in [0.717, 1.165) is 10.3 Å². The Labute approximate surface area is 131 Å². The number of rotatable bonds is 3. The van der Waals surface area contributed by atoms with Gasteiger partial charge in [-0.2, -0.15) is 0 Å². The van der Waals surface area contributed by atoms with Gasteiger partial charge >= 0.3 is 0 Å². The molecule has 2 heterocycles.